The minimum absolute atomic E-state index is 0.158. The molecule has 0 aliphatic carbocycles. The monoisotopic (exact) mass is 229 g/mol. The predicted octanol–water partition coefficient (Wildman–Crippen LogP) is 3.46. The summed E-state index contributed by atoms with van der Waals surface area (Å²) in [4.78, 5) is 0. The Kier molecular flexibility index (Phi) is 5.99. The third kappa shape index (κ3) is 7.24. The standard InChI is InChI=1S/C14H31NO/c1-11(2)12(9-16-8)15-14(6,7)10-13(3,4)5/h11-12,15H,9-10H2,1-8H3. The Hall–Kier alpha value is -0.0800. The molecule has 2 nitrogen and oxygen atoms in total. The smallest absolute Gasteiger partial charge is 0.0618 e. The van der Waals surface area contributed by atoms with Gasteiger partial charge in [-0.3, -0.25) is 0 Å². The molecule has 0 heterocycles. The topological polar surface area (TPSA) is 21.3 Å². The van der Waals surface area contributed by atoms with Crippen LogP contribution in [0.4, 0.5) is 0 Å². The number of rotatable bonds is 6. The van der Waals surface area contributed by atoms with Crippen molar-refractivity contribution in [1.82, 2.24) is 5.32 Å². The minimum atomic E-state index is 0.158. The molecular formula is C14H31NO. The fourth-order valence-electron chi connectivity index (χ4n) is 2.46. The second-order valence-electron chi connectivity index (χ2n) is 7.07. The van der Waals surface area contributed by atoms with Gasteiger partial charge < -0.3 is 10.1 Å². The summed E-state index contributed by atoms with van der Waals surface area (Å²) >= 11 is 0. The fourth-order valence-corrected chi connectivity index (χ4v) is 2.46. The van der Waals surface area contributed by atoms with Crippen LogP contribution in [-0.2, 0) is 4.74 Å². The van der Waals surface area contributed by atoms with Gasteiger partial charge in [0.2, 0.25) is 0 Å². The molecule has 16 heavy (non-hydrogen) atoms. The van der Waals surface area contributed by atoms with Gasteiger partial charge in [-0.1, -0.05) is 34.6 Å². The molecule has 0 fully saturated rings. The Bertz CT molecular complexity index is 191. The van der Waals surface area contributed by atoms with Crippen LogP contribution in [0.1, 0.15) is 54.9 Å². The van der Waals surface area contributed by atoms with Crippen LogP contribution in [-0.4, -0.2) is 25.3 Å². The van der Waals surface area contributed by atoms with E-state index in [1.54, 1.807) is 7.11 Å². The SMILES string of the molecule is COCC(NC(C)(C)CC(C)(C)C)C(C)C. The van der Waals surface area contributed by atoms with Gasteiger partial charge in [-0.05, 0) is 31.6 Å². The maximum atomic E-state index is 5.28. The Morgan fingerprint density at radius 3 is 1.88 bits per heavy atom. The molecule has 0 aromatic carbocycles. The molecule has 1 unspecified atom stereocenters. The van der Waals surface area contributed by atoms with Crippen LogP contribution in [0.25, 0.3) is 0 Å². The number of hydrogen-bond acceptors (Lipinski definition) is 2. The summed E-state index contributed by atoms with van der Waals surface area (Å²) in [5.41, 5.74) is 0.511. The molecule has 0 saturated heterocycles. The van der Waals surface area contributed by atoms with E-state index in [1.165, 1.54) is 0 Å². The molecule has 0 amide bonds. The summed E-state index contributed by atoms with van der Waals surface area (Å²) in [5, 5.41) is 3.73. The first-order chi connectivity index (χ1) is 7.07. The molecule has 0 spiro atoms. The van der Waals surface area contributed by atoms with Crippen molar-refractivity contribution in [2.75, 3.05) is 13.7 Å². The van der Waals surface area contributed by atoms with Gasteiger partial charge in [0, 0.05) is 18.7 Å². The highest BCUT2D eigenvalue weighted by molar-refractivity contribution is 4.87. The molecule has 1 N–H and O–H groups in total. The zero-order chi connectivity index (χ0) is 13.0. The molecule has 0 radical (unpaired) electrons. The molecule has 0 bridgehead atoms. The predicted molar refractivity (Wildman–Crippen MR) is 71.8 cm³/mol. The summed E-state index contributed by atoms with van der Waals surface area (Å²) < 4.78 is 5.28. The van der Waals surface area contributed by atoms with Gasteiger partial charge >= 0.3 is 0 Å². The van der Waals surface area contributed by atoms with E-state index in [2.05, 4.69) is 53.8 Å². The van der Waals surface area contributed by atoms with Crippen molar-refractivity contribution in [2.45, 2.75) is 66.5 Å². The molecule has 0 rings (SSSR count). The van der Waals surface area contributed by atoms with Crippen molar-refractivity contribution in [3.8, 4) is 0 Å². The minimum Gasteiger partial charge on any atom is -0.383 e. The number of ether oxygens (including phenoxy) is 1. The summed E-state index contributed by atoms with van der Waals surface area (Å²) in [7, 11) is 1.77. The van der Waals surface area contributed by atoms with Crippen molar-refractivity contribution >= 4 is 0 Å². The third-order valence-corrected chi connectivity index (χ3v) is 2.70. The van der Waals surface area contributed by atoms with Crippen molar-refractivity contribution in [1.29, 1.82) is 0 Å². The highest BCUT2D eigenvalue weighted by Gasteiger charge is 2.28. The first-order valence-electron chi connectivity index (χ1n) is 6.34. The Morgan fingerprint density at radius 1 is 1.06 bits per heavy atom. The fraction of sp³-hybridized carbons (Fsp3) is 1.00. The van der Waals surface area contributed by atoms with E-state index in [0.29, 0.717) is 17.4 Å². The van der Waals surface area contributed by atoms with Crippen LogP contribution >= 0.6 is 0 Å². The van der Waals surface area contributed by atoms with Crippen LogP contribution in [0.5, 0.6) is 0 Å². The normalized spacial score (nSPS) is 15.6. The molecule has 0 aromatic heterocycles. The lowest BCUT2D eigenvalue weighted by atomic mass is 9.81. The molecule has 98 valence electrons. The van der Waals surface area contributed by atoms with Gasteiger partial charge in [0.05, 0.1) is 6.61 Å². The van der Waals surface area contributed by atoms with Gasteiger partial charge in [0.25, 0.3) is 0 Å². The lowest BCUT2D eigenvalue weighted by Crippen LogP contribution is -2.51. The molecule has 0 aromatic rings. The van der Waals surface area contributed by atoms with E-state index in [-0.39, 0.29) is 5.54 Å². The van der Waals surface area contributed by atoms with Gasteiger partial charge in [-0.2, -0.15) is 0 Å². The van der Waals surface area contributed by atoms with Crippen molar-refractivity contribution in [3.05, 3.63) is 0 Å². The van der Waals surface area contributed by atoms with E-state index in [0.717, 1.165) is 13.0 Å². The summed E-state index contributed by atoms with van der Waals surface area (Å²) in [6.45, 7) is 16.7. The Balaban J connectivity index is 4.41. The van der Waals surface area contributed by atoms with Crippen LogP contribution < -0.4 is 5.32 Å². The van der Waals surface area contributed by atoms with Gasteiger partial charge in [0.1, 0.15) is 0 Å². The van der Waals surface area contributed by atoms with Crippen LogP contribution in [0.3, 0.4) is 0 Å². The highest BCUT2D eigenvalue weighted by Crippen LogP contribution is 2.27. The molecule has 0 aliphatic heterocycles. The average Bonchev–Trinajstić information content (AvgIpc) is 1.97. The Labute approximate surface area is 102 Å². The highest BCUT2D eigenvalue weighted by atomic mass is 16.5. The van der Waals surface area contributed by atoms with Crippen molar-refractivity contribution in [3.63, 3.8) is 0 Å². The third-order valence-electron chi connectivity index (χ3n) is 2.70. The van der Waals surface area contributed by atoms with Gasteiger partial charge in [0.15, 0.2) is 0 Å². The Morgan fingerprint density at radius 2 is 1.56 bits per heavy atom. The second kappa shape index (κ2) is 6.02. The average molecular weight is 229 g/mol. The quantitative estimate of drug-likeness (QED) is 0.753. The summed E-state index contributed by atoms with van der Waals surface area (Å²) in [5.74, 6) is 0.596. The molecule has 0 aliphatic rings. The second-order valence-corrected chi connectivity index (χ2v) is 7.07. The van der Waals surface area contributed by atoms with E-state index in [1.807, 2.05) is 0 Å². The zero-order valence-corrected chi connectivity index (χ0v) is 12.5. The molecule has 0 saturated carbocycles. The maximum absolute atomic E-state index is 5.28. The number of hydrogen-bond donors (Lipinski definition) is 1. The lowest BCUT2D eigenvalue weighted by molar-refractivity contribution is 0.116. The number of nitrogens with one attached hydrogen (secondary N) is 1. The van der Waals surface area contributed by atoms with Crippen LogP contribution in [0.15, 0.2) is 0 Å². The largest absolute Gasteiger partial charge is 0.383 e. The zero-order valence-electron chi connectivity index (χ0n) is 12.5. The number of methoxy groups -OCH3 is 1. The molecular weight excluding hydrogens is 198 g/mol. The van der Waals surface area contributed by atoms with Crippen LogP contribution in [0.2, 0.25) is 0 Å². The van der Waals surface area contributed by atoms with Gasteiger partial charge in [-0.25, -0.2) is 0 Å². The van der Waals surface area contributed by atoms with E-state index >= 15 is 0 Å². The van der Waals surface area contributed by atoms with E-state index < -0.39 is 0 Å². The van der Waals surface area contributed by atoms with Crippen LogP contribution in [0, 0.1) is 11.3 Å². The van der Waals surface area contributed by atoms with Crippen molar-refractivity contribution in [2.24, 2.45) is 11.3 Å². The summed E-state index contributed by atoms with van der Waals surface area (Å²) in [6.07, 6.45) is 1.16. The van der Waals surface area contributed by atoms with E-state index in [9.17, 15) is 0 Å². The summed E-state index contributed by atoms with van der Waals surface area (Å²) in [6, 6.07) is 0.433. The first kappa shape index (κ1) is 15.9. The maximum Gasteiger partial charge on any atom is 0.0618 e. The molecule has 2 heteroatoms. The molecule has 1 atom stereocenters. The first-order valence-corrected chi connectivity index (χ1v) is 6.34. The van der Waals surface area contributed by atoms with E-state index in [4.69, 9.17) is 4.74 Å². The van der Waals surface area contributed by atoms with Gasteiger partial charge in [-0.15, -0.1) is 0 Å². The van der Waals surface area contributed by atoms with Crippen molar-refractivity contribution < 1.29 is 4.74 Å². The lowest BCUT2D eigenvalue weighted by Gasteiger charge is -2.38.